The number of carbonyl (C=O) groups excluding carboxylic acids is 1. The normalized spacial score (nSPS) is 11.2. The minimum Gasteiger partial charge on any atom is -0.383 e. The van der Waals surface area contributed by atoms with Crippen molar-refractivity contribution in [1.82, 2.24) is 15.5 Å². The van der Waals surface area contributed by atoms with Crippen LogP contribution in [0.5, 0.6) is 0 Å². The van der Waals surface area contributed by atoms with E-state index in [2.05, 4.69) is 22.5 Å². The SMILES string of the molecule is CCCCN(C)C(=NC)NCC(=O)NCCOC. The average molecular weight is 258 g/mol. The van der Waals surface area contributed by atoms with E-state index in [1.54, 1.807) is 14.2 Å². The zero-order valence-corrected chi connectivity index (χ0v) is 12.0. The molecule has 0 aliphatic heterocycles. The number of nitrogens with one attached hydrogen (secondary N) is 2. The Balaban J connectivity index is 3.89. The highest BCUT2D eigenvalue weighted by Crippen LogP contribution is 1.92. The second-order valence-electron chi connectivity index (χ2n) is 4.02. The highest BCUT2D eigenvalue weighted by Gasteiger charge is 2.07. The predicted molar refractivity (Wildman–Crippen MR) is 73.8 cm³/mol. The fourth-order valence-corrected chi connectivity index (χ4v) is 1.40. The van der Waals surface area contributed by atoms with Crippen molar-refractivity contribution in [3.63, 3.8) is 0 Å². The summed E-state index contributed by atoms with van der Waals surface area (Å²) in [5.74, 6) is 0.683. The second-order valence-corrected chi connectivity index (χ2v) is 4.02. The van der Waals surface area contributed by atoms with Crippen molar-refractivity contribution in [2.24, 2.45) is 4.99 Å². The maximum Gasteiger partial charge on any atom is 0.239 e. The second kappa shape index (κ2) is 10.8. The molecule has 2 N–H and O–H groups in total. The van der Waals surface area contributed by atoms with Crippen LogP contribution in [0, 0.1) is 0 Å². The summed E-state index contributed by atoms with van der Waals surface area (Å²) >= 11 is 0. The third kappa shape index (κ3) is 7.89. The molecule has 0 bridgehead atoms. The molecule has 0 aromatic carbocycles. The molecule has 0 unspecified atom stereocenters. The van der Waals surface area contributed by atoms with Gasteiger partial charge in [0.05, 0.1) is 13.2 Å². The minimum absolute atomic E-state index is 0.0582. The van der Waals surface area contributed by atoms with Crippen LogP contribution in [0.15, 0.2) is 4.99 Å². The zero-order valence-electron chi connectivity index (χ0n) is 12.0. The number of ether oxygens (including phenoxy) is 1. The Morgan fingerprint density at radius 1 is 1.39 bits per heavy atom. The topological polar surface area (TPSA) is 66.0 Å². The number of nitrogens with zero attached hydrogens (tertiary/aromatic N) is 2. The minimum atomic E-state index is -0.0582. The molecule has 1 amide bonds. The lowest BCUT2D eigenvalue weighted by Crippen LogP contribution is -2.44. The van der Waals surface area contributed by atoms with Crippen molar-refractivity contribution in [1.29, 1.82) is 0 Å². The first-order chi connectivity index (χ1) is 8.65. The molecule has 0 spiro atoms. The zero-order chi connectivity index (χ0) is 13.8. The van der Waals surface area contributed by atoms with Crippen LogP contribution < -0.4 is 10.6 Å². The Morgan fingerprint density at radius 2 is 2.11 bits per heavy atom. The van der Waals surface area contributed by atoms with Crippen LogP contribution in [0.3, 0.4) is 0 Å². The van der Waals surface area contributed by atoms with Crippen LogP contribution in [0.4, 0.5) is 0 Å². The number of rotatable bonds is 8. The third-order valence-electron chi connectivity index (χ3n) is 2.46. The average Bonchev–Trinajstić information content (AvgIpc) is 2.37. The Morgan fingerprint density at radius 3 is 2.67 bits per heavy atom. The van der Waals surface area contributed by atoms with Gasteiger partial charge in [-0.1, -0.05) is 13.3 Å². The predicted octanol–water partition coefficient (Wildman–Crippen LogP) is 0.0563. The van der Waals surface area contributed by atoms with Crippen LogP contribution in [0.2, 0.25) is 0 Å². The summed E-state index contributed by atoms with van der Waals surface area (Å²) in [5, 5.41) is 5.77. The highest BCUT2D eigenvalue weighted by atomic mass is 16.5. The molecule has 106 valence electrons. The number of hydrogen-bond acceptors (Lipinski definition) is 3. The van der Waals surface area contributed by atoms with Gasteiger partial charge in [0, 0.05) is 34.3 Å². The van der Waals surface area contributed by atoms with E-state index in [0.29, 0.717) is 13.2 Å². The van der Waals surface area contributed by atoms with Gasteiger partial charge in [-0.2, -0.15) is 0 Å². The maximum atomic E-state index is 11.5. The summed E-state index contributed by atoms with van der Waals surface area (Å²) in [6.45, 7) is 4.36. The van der Waals surface area contributed by atoms with Crippen molar-refractivity contribution in [2.45, 2.75) is 19.8 Å². The van der Waals surface area contributed by atoms with Crippen molar-refractivity contribution in [3.8, 4) is 0 Å². The van der Waals surface area contributed by atoms with Crippen LogP contribution in [-0.4, -0.2) is 64.2 Å². The molecule has 0 saturated heterocycles. The molecule has 18 heavy (non-hydrogen) atoms. The summed E-state index contributed by atoms with van der Waals surface area (Å²) < 4.78 is 4.85. The molecule has 0 saturated carbocycles. The van der Waals surface area contributed by atoms with Gasteiger partial charge in [0.15, 0.2) is 5.96 Å². The molecule has 0 aliphatic carbocycles. The summed E-state index contributed by atoms with van der Waals surface area (Å²) in [4.78, 5) is 17.6. The summed E-state index contributed by atoms with van der Waals surface area (Å²) in [6.07, 6.45) is 2.25. The standard InChI is InChI=1S/C12H26N4O2/c1-5-6-8-16(3)12(13-2)15-10-11(17)14-7-9-18-4/h5-10H2,1-4H3,(H,13,15)(H,14,17). The lowest BCUT2D eigenvalue weighted by Gasteiger charge is -2.21. The number of amides is 1. The Kier molecular flexibility index (Phi) is 10.0. The number of carbonyl (C=O) groups is 1. The quantitative estimate of drug-likeness (QED) is 0.367. The molecule has 0 aromatic rings. The van der Waals surface area contributed by atoms with Gasteiger partial charge < -0.3 is 20.3 Å². The number of guanidine groups is 1. The van der Waals surface area contributed by atoms with E-state index in [0.717, 1.165) is 25.3 Å². The molecular formula is C12H26N4O2. The molecular weight excluding hydrogens is 232 g/mol. The van der Waals surface area contributed by atoms with E-state index < -0.39 is 0 Å². The number of unbranched alkanes of at least 4 members (excludes halogenated alkanes) is 1. The first-order valence-corrected chi connectivity index (χ1v) is 6.33. The lowest BCUT2D eigenvalue weighted by atomic mass is 10.3. The summed E-state index contributed by atoms with van der Waals surface area (Å²) in [6, 6.07) is 0. The van der Waals surface area contributed by atoms with Crippen LogP contribution in [0.25, 0.3) is 0 Å². The highest BCUT2D eigenvalue weighted by molar-refractivity contribution is 5.86. The van der Waals surface area contributed by atoms with E-state index in [1.807, 2.05) is 11.9 Å². The molecule has 0 rings (SSSR count). The van der Waals surface area contributed by atoms with E-state index in [4.69, 9.17) is 4.74 Å². The van der Waals surface area contributed by atoms with Crippen molar-refractivity contribution >= 4 is 11.9 Å². The van der Waals surface area contributed by atoms with E-state index in [1.165, 1.54) is 0 Å². The van der Waals surface area contributed by atoms with E-state index >= 15 is 0 Å². The van der Waals surface area contributed by atoms with Crippen LogP contribution >= 0.6 is 0 Å². The number of methoxy groups -OCH3 is 1. The Hall–Kier alpha value is -1.30. The molecule has 0 atom stereocenters. The van der Waals surface area contributed by atoms with Crippen LogP contribution in [0.1, 0.15) is 19.8 Å². The van der Waals surface area contributed by atoms with Crippen molar-refractivity contribution in [3.05, 3.63) is 0 Å². The number of aliphatic imine (C=N–C) groups is 1. The molecule has 0 aliphatic rings. The molecule has 0 fully saturated rings. The summed E-state index contributed by atoms with van der Waals surface area (Å²) in [5.41, 5.74) is 0. The fourth-order valence-electron chi connectivity index (χ4n) is 1.40. The molecule has 0 radical (unpaired) electrons. The molecule has 0 aromatic heterocycles. The van der Waals surface area contributed by atoms with Crippen molar-refractivity contribution in [2.75, 3.05) is 47.4 Å². The van der Waals surface area contributed by atoms with Gasteiger partial charge in [-0.3, -0.25) is 9.79 Å². The van der Waals surface area contributed by atoms with E-state index in [9.17, 15) is 4.79 Å². The van der Waals surface area contributed by atoms with Gasteiger partial charge in [-0.05, 0) is 6.42 Å². The van der Waals surface area contributed by atoms with Gasteiger partial charge in [-0.15, -0.1) is 0 Å². The van der Waals surface area contributed by atoms with Gasteiger partial charge >= 0.3 is 0 Å². The lowest BCUT2D eigenvalue weighted by molar-refractivity contribution is -0.120. The Labute approximate surface area is 110 Å². The first-order valence-electron chi connectivity index (χ1n) is 6.33. The molecule has 6 nitrogen and oxygen atoms in total. The monoisotopic (exact) mass is 258 g/mol. The van der Waals surface area contributed by atoms with Crippen molar-refractivity contribution < 1.29 is 9.53 Å². The molecule has 6 heteroatoms. The largest absolute Gasteiger partial charge is 0.383 e. The van der Waals surface area contributed by atoms with Gasteiger partial charge in [-0.25, -0.2) is 0 Å². The Bertz CT molecular complexity index is 256. The smallest absolute Gasteiger partial charge is 0.239 e. The number of hydrogen-bond donors (Lipinski definition) is 2. The van der Waals surface area contributed by atoms with Gasteiger partial charge in [0.1, 0.15) is 0 Å². The van der Waals surface area contributed by atoms with Crippen LogP contribution in [-0.2, 0) is 9.53 Å². The summed E-state index contributed by atoms with van der Waals surface area (Å²) in [7, 11) is 5.29. The van der Waals surface area contributed by atoms with Gasteiger partial charge in [0.2, 0.25) is 5.91 Å². The van der Waals surface area contributed by atoms with E-state index in [-0.39, 0.29) is 12.5 Å². The maximum absolute atomic E-state index is 11.5. The fraction of sp³-hybridized carbons (Fsp3) is 0.833. The van der Waals surface area contributed by atoms with Gasteiger partial charge in [0.25, 0.3) is 0 Å². The third-order valence-corrected chi connectivity index (χ3v) is 2.46. The first kappa shape index (κ1) is 16.7. The molecule has 0 heterocycles.